The molecule has 0 spiro atoms. The van der Waals surface area contributed by atoms with E-state index >= 15 is 0 Å². The van der Waals surface area contributed by atoms with Crippen LogP contribution in [0, 0.1) is 29.6 Å². The van der Waals surface area contributed by atoms with E-state index in [1.807, 2.05) is 13.8 Å². The van der Waals surface area contributed by atoms with Crippen molar-refractivity contribution < 1.29 is 53.2 Å². The number of primary amides is 1. The summed E-state index contributed by atoms with van der Waals surface area (Å²) in [5.41, 5.74) is 2.73. The Balaban J connectivity index is 1.70. The molecule has 3 aliphatic rings. The molecule has 6 atom stereocenters. The zero-order valence-corrected chi connectivity index (χ0v) is 26.6. The number of carbonyl (C=O) groups excluding carboxylic acids is 7. The van der Waals surface area contributed by atoms with Gasteiger partial charge in [-0.3, -0.25) is 39.0 Å². The highest BCUT2D eigenvalue weighted by atomic mass is 16.7. The van der Waals surface area contributed by atoms with E-state index in [0.717, 1.165) is 0 Å². The van der Waals surface area contributed by atoms with Crippen LogP contribution < -0.4 is 16.0 Å². The Bertz CT molecular complexity index is 1500. The van der Waals surface area contributed by atoms with Gasteiger partial charge < -0.3 is 30.3 Å². The Morgan fingerprint density at radius 1 is 1.07 bits per heavy atom. The average molecular weight is 645 g/mol. The number of nitrogens with two attached hydrogens (primary N) is 1. The number of esters is 1. The average Bonchev–Trinajstić information content (AvgIpc) is 2.96. The van der Waals surface area contributed by atoms with Crippen LogP contribution in [-0.2, 0) is 39.9 Å². The molecule has 0 bridgehead atoms. The number of nitrogens with zero attached hydrogens (tertiary/aromatic N) is 2. The Hall–Kier alpha value is -4.37. The number of ether oxygens (including phenoxy) is 2. The highest BCUT2D eigenvalue weighted by Crippen LogP contribution is 2.52. The Labute approximate surface area is 265 Å². The molecule has 0 saturated heterocycles. The van der Waals surface area contributed by atoms with Gasteiger partial charge in [0.15, 0.2) is 34.7 Å². The minimum Gasteiger partial charge on any atom is -0.505 e. The fraction of sp³-hybridized carbons (Fsp3) is 0.581. The molecule has 5 N–H and O–H groups in total. The van der Waals surface area contributed by atoms with Crippen molar-refractivity contribution >= 4 is 52.5 Å². The smallest absolute Gasteiger partial charge is 0.414 e. The first-order valence-electron chi connectivity index (χ1n) is 15.0. The van der Waals surface area contributed by atoms with Gasteiger partial charge in [0.05, 0.1) is 29.1 Å². The van der Waals surface area contributed by atoms with Crippen molar-refractivity contribution in [2.24, 2.45) is 35.3 Å². The molecule has 3 aliphatic carbocycles. The number of Topliss-reactive ketones (excluding diaryl/α,β-unsaturated/α-hetero) is 4. The van der Waals surface area contributed by atoms with Crippen LogP contribution in [0.1, 0.15) is 49.0 Å². The molecule has 2 fully saturated rings. The lowest BCUT2D eigenvalue weighted by molar-refractivity contribution is -0.181. The summed E-state index contributed by atoms with van der Waals surface area (Å²) in [6, 6.07) is 0.198. The third kappa shape index (κ3) is 5.51. The summed E-state index contributed by atoms with van der Waals surface area (Å²) in [6.07, 6.45) is -0.0669. The molecule has 0 radical (unpaired) electrons. The molecule has 15 nitrogen and oxygen atoms in total. The number of phenols is 1. The summed E-state index contributed by atoms with van der Waals surface area (Å²) in [7, 11) is 6.34. The van der Waals surface area contributed by atoms with E-state index in [-0.39, 0.29) is 30.0 Å². The normalized spacial score (nSPS) is 27.1. The first-order chi connectivity index (χ1) is 21.5. The monoisotopic (exact) mass is 644 g/mol. The van der Waals surface area contributed by atoms with Gasteiger partial charge in [-0.05, 0) is 57.3 Å². The van der Waals surface area contributed by atoms with Gasteiger partial charge in [0.1, 0.15) is 5.75 Å². The van der Waals surface area contributed by atoms with Gasteiger partial charge in [-0.25, -0.2) is 4.79 Å². The third-order valence-corrected chi connectivity index (χ3v) is 9.47. The number of nitrogens with one attached hydrogen (secondary N) is 1. The molecule has 250 valence electrons. The van der Waals surface area contributed by atoms with E-state index < -0.39 is 89.0 Å². The highest BCUT2D eigenvalue weighted by Gasteiger charge is 2.69. The Morgan fingerprint density at radius 3 is 2.24 bits per heavy atom. The van der Waals surface area contributed by atoms with Gasteiger partial charge in [0, 0.05) is 25.7 Å². The molecule has 15 heteroatoms. The maximum absolute atomic E-state index is 14.1. The van der Waals surface area contributed by atoms with Gasteiger partial charge in [-0.15, -0.1) is 0 Å². The number of likely N-dealkylation sites (N-methyl/N-ethyl adjacent to an activating group) is 1. The van der Waals surface area contributed by atoms with Crippen molar-refractivity contribution in [1.82, 2.24) is 4.90 Å². The van der Waals surface area contributed by atoms with Gasteiger partial charge in [-0.2, -0.15) is 0 Å². The molecular weight excluding hydrogens is 604 g/mol. The van der Waals surface area contributed by atoms with Crippen molar-refractivity contribution in [3.05, 3.63) is 17.2 Å². The van der Waals surface area contributed by atoms with E-state index in [2.05, 4.69) is 5.32 Å². The number of fused-ring (bicyclic) bond motifs is 3. The number of anilines is 2. The number of aliphatic hydroxyl groups is 1. The quantitative estimate of drug-likeness (QED) is 0.124. The molecule has 4 rings (SSSR count). The second kappa shape index (κ2) is 12.8. The number of aromatic hydroxyl groups is 1. The van der Waals surface area contributed by atoms with Gasteiger partial charge in [0.25, 0.3) is 0 Å². The molecule has 0 heterocycles. The number of hydrogen-bond acceptors (Lipinski definition) is 13. The zero-order chi connectivity index (χ0) is 34.4. The molecule has 0 aliphatic heterocycles. The lowest BCUT2D eigenvalue weighted by Crippen LogP contribution is -2.74. The summed E-state index contributed by atoms with van der Waals surface area (Å²) in [5.74, 6) is -12.9. The van der Waals surface area contributed by atoms with E-state index in [0.29, 0.717) is 24.1 Å². The van der Waals surface area contributed by atoms with Crippen LogP contribution in [0.25, 0.3) is 0 Å². The molecule has 2 amide bonds. The van der Waals surface area contributed by atoms with Gasteiger partial charge in [-0.1, -0.05) is 13.8 Å². The van der Waals surface area contributed by atoms with Crippen LogP contribution >= 0.6 is 0 Å². The van der Waals surface area contributed by atoms with Crippen molar-refractivity contribution in [2.45, 2.75) is 51.2 Å². The maximum Gasteiger partial charge on any atom is 0.414 e. The fourth-order valence-corrected chi connectivity index (χ4v) is 7.17. The molecule has 2 unspecified atom stereocenters. The topological polar surface area (TPSA) is 223 Å². The zero-order valence-electron chi connectivity index (χ0n) is 26.6. The summed E-state index contributed by atoms with van der Waals surface area (Å²) in [5, 5.41) is 25.3. The lowest BCUT2D eigenvalue weighted by atomic mass is 9.52. The number of phenolic OH excluding ortho intramolecular Hbond substituents is 1. The number of benzene rings is 1. The fourth-order valence-electron chi connectivity index (χ4n) is 7.17. The summed E-state index contributed by atoms with van der Waals surface area (Å²) < 4.78 is 9.93. The molecule has 1 aromatic carbocycles. The molecule has 0 aromatic heterocycles. The maximum atomic E-state index is 14.1. The lowest BCUT2D eigenvalue weighted by Gasteiger charge is -2.52. The Morgan fingerprint density at radius 2 is 1.70 bits per heavy atom. The number of ketones is 4. The van der Waals surface area contributed by atoms with E-state index in [1.165, 1.54) is 25.1 Å². The second-order valence-electron chi connectivity index (χ2n) is 12.5. The minimum absolute atomic E-state index is 0.0453. The number of rotatable bonds is 9. The van der Waals surface area contributed by atoms with Crippen LogP contribution in [0.2, 0.25) is 0 Å². The van der Waals surface area contributed by atoms with Crippen molar-refractivity contribution in [3.63, 3.8) is 0 Å². The summed E-state index contributed by atoms with van der Waals surface area (Å²) >= 11 is 0. The predicted molar refractivity (Wildman–Crippen MR) is 161 cm³/mol. The summed E-state index contributed by atoms with van der Waals surface area (Å²) in [6.45, 7) is 2.94. The second-order valence-corrected chi connectivity index (χ2v) is 12.5. The first-order valence-corrected chi connectivity index (χ1v) is 15.0. The standard InChI is InChI=1S/C31H40N4O11/c1-7-13(8-2)29(42)45-12-46-30(43)33-17-11-18(34(3)4)15-9-14-10-16-22(35(5)6)25(38)21(28(32)41)27(40)31(16,44)26(39)19(14)24(37)20(15)23(17)36/h11,13-14,16,19,21-22,36,44H,7-10,12H2,1-6H3,(H2,32,41)(H,33,43)/t14-,16-,19?,21?,22-,31-/m0/s1. The SMILES string of the molecule is CCC(CC)C(=O)OCOC(=O)Nc1cc(N(C)C)c2c(c1O)C(=O)C1C(=O)[C@]3(O)C(=O)C(C(N)=O)C(=O)[C@@H](N(C)C)[C@@H]3C[C@@H]1C2. The first kappa shape index (κ1) is 34.5. The number of carbonyl (C=O) groups is 7. The van der Waals surface area contributed by atoms with Crippen molar-refractivity contribution in [3.8, 4) is 5.75 Å². The van der Waals surface area contributed by atoms with Gasteiger partial charge in [0.2, 0.25) is 12.7 Å². The highest BCUT2D eigenvalue weighted by molar-refractivity contribution is 6.32. The van der Waals surface area contributed by atoms with Crippen molar-refractivity contribution in [2.75, 3.05) is 45.2 Å². The predicted octanol–water partition coefficient (Wildman–Crippen LogP) is 0.418. The summed E-state index contributed by atoms with van der Waals surface area (Å²) in [4.78, 5) is 94.7. The number of hydrogen-bond donors (Lipinski definition) is 4. The van der Waals surface area contributed by atoms with Crippen LogP contribution in [0.5, 0.6) is 5.75 Å². The van der Waals surface area contributed by atoms with E-state index in [1.54, 1.807) is 19.0 Å². The van der Waals surface area contributed by atoms with Crippen LogP contribution in [0.15, 0.2) is 6.07 Å². The van der Waals surface area contributed by atoms with E-state index in [4.69, 9.17) is 15.2 Å². The van der Waals surface area contributed by atoms with Crippen LogP contribution in [-0.4, -0.2) is 103 Å². The number of amides is 2. The molecule has 46 heavy (non-hydrogen) atoms. The molecule has 1 aromatic rings. The molecular formula is C31H40N4O11. The minimum atomic E-state index is -2.86. The Kier molecular flexibility index (Phi) is 9.59. The van der Waals surface area contributed by atoms with Gasteiger partial charge >= 0.3 is 12.1 Å². The van der Waals surface area contributed by atoms with Crippen LogP contribution in [0.4, 0.5) is 16.2 Å². The third-order valence-electron chi connectivity index (χ3n) is 9.47. The van der Waals surface area contributed by atoms with Crippen LogP contribution in [0.3, 0.4) is 0 Å². The van der Waals surface area contributed by atoms with Crippen molar-refractivity contribution in [1.29, 1.82) is 0 Å². The molecule has 2 saturated carbocycles. The largest absolute Gasteiger partial charge is 0.505 e. The van der Waals surface area contributed by atoms with E-state index in [9.17, 15) is 43.8 Å².